The zero-order valence-electron chi connectivity index (χ0n) is 11.2. The van der Waals surface area contributed by atoms with Crippen molar-refractivity contribution in [2.75, 3.05) is 13.2 Å². The van der Waals surface area contributed by atoms with E-state index in [-0.39, 0.29) is 24.4 Å². The van der Waals surface area contributed by atoms with Crippen LogP contribution in [0.4, 0.5) is 8.78 Å². The van der Waals surface area contributed by atoms with Crippen LogP contribution >= 0.6 is 0 Å². The first-order valence-corrected chi connectivity index (χ1v) is 5.81. The summed E-state index contributed by atoms with van der Waals surface area (Å²) >= 11 is 0. The molecule has 1 aromatic rings. The molecule has 0 radical (unpaired) electrons. The van der Waals surface area contributed by atoms with Crippen LogP contribution in [0.5, 0.6) is 5.75 Å². The Bertz CT molecular complexity index is 447. The molecule has 0 aliphatic carbocycles. The monoisotopic (exact) mass is 272 g/mol. The van der Waals surface area contributed by atoms with E-state index in [9.17, 15) is 8.78 Å². The van der Waals surface area contributed by atoms with Gasteiger partial charge in [0, 0.05) is 5.56 Å². The average Bonchev–Trinajstić information content (AvgIpc) is 2.25. The van der Waals surface area contributed by atoms with Gasteiger partial charge in [-0.05, 0) is 32.9 Å². The number of benzene rings is 1. The summed E-state index contributed by atoms with van der Waals surface area (Å²) in [4.78, 5) is 0. The minimum atomic E-state index is -0.888. The van der Waals surface area contributed by atoms with Crippen LogP contribution in [0.15, 0.2) is 12.1 Å². The van der Waals surface area contributed by atoms with Gasteiger partial charge in [-0.15, -0.1) is 0 Å². The van der Waals surface area contributed by atoms with E-state index in [4.69, 9.17) is 20.6 Å². The molecule has 1 aromatic carbocycles. The molecule has 0 unspecified atom stereocenters. The molecule has 4 nitrogen and oxygen atoms in total. The van der Waals surface area contributed by atoms with Crippen molar-refractivity contribution in [1.29, 1.82) is 5.41 Å². The average molecular weight is 272 g/mol. The Morgan fingerprint density at radius 2 is 1.74 bits per heavy atom. The quantitative estimate of drug-likeness (QED) is 0.491. The maximum absolute atomic E-state index is 13.6. The normalized spacial score (nSPS) is 11.4. The number of nitrogens with one attached hydrogen (secondary N) is 1. The minimum absolute atomic E-state index is 0.0201. The number of nitrogen functional groups attached to an aromatic ring is 1. The fraction of sp³-hybridized carbons (Fsp3) is 0.462. The second kappa shape index (κ2) is 5.97. The van der Waals surface area contributed by atoms with Crippen molar-refractivity contribution < 1.29 is 18.3 Å². The van der Waals surface area contributed by atoms with E-state index in [1.54, 1.807) is 0 Å². The first-order valence-electron chi connectivity index (χ1n) is 5.81. The fourth-order valence-corrected chi connectivity index (χ4v) is 1.34. The summed E-state index contributed by atoms with van der Waals surface area (Å²) in [5.41, 5.74) is 4.81. The van der Waals surface area contributed by atoms with Crippen LogP contribution in [0.25, 0.3) is 0 Å². The highest BCUT2D eigenvalue weighted by Gasteiger charge is 2.15. The van der Waals surface area contributed by atoms with Gasteiger partial charge in [-0.1, -0.05) is 0 Å². The number of amidine groups is 1. The van der Waals surface area contributed by atoms with E-state index >= 15 is 0 Å². The molecule has 0 saturated carbocycles. The third kappa shape index (κ3) is 4.82. The number of halogens is 2. The lowest BCUT2D eigenvalue weighted by Crippen LogP contribution is -2.22. The van der Waals surface area contributed by atoms with Crippen LogP contribution in [0.3, 0.4) is 0 Å². The molecule has 6 heteroatoms. The van der Waals surface area contributed by atoms with Gasteiger partial charge in [0.1, 0.15) is 12.4 Å². The zero-order chi connectivity index (χ0) is 14.6. The standard InChI is InChI=1S/C13H18F2N2O2/c1-13(2,3)19-5-4-18-11-9(14)6-8(12(16)17)7-10(11)15/h6-7H,4-5H2,1-3H3,(H3,16,17). The molecule has 0 aromatic heterocycles. The van der Waals surface area contributed by atoms with Crippen LogP contribution in [-0.4, -0.2) is 24.7 Å². The highest BCUT2D eigenvalue weighted by molar-refractivity contribution is 5.95. The zero-order valence-corrected chi connectivity index (χ0v) is 11.2. The third-order valence-corrected chi connectivity index (χ3v) is 2.17. The van der Waals surface area contributed by atoms with Crippen molar-refractivity contribution in [3.63, 3.8) is 0 Å². The van der Waals surface area contributed by atoms with Crippen molar-refractivity contribution in [3.05, 3.63) is 29.3 Å². The minimum Gasteiger partial charge on any atom is -0.485 e. The van der Waals surface area contributed by atoms with Gasteiger partial charge in [-0.25, -0.2) is 8.78 Å². The summed E-state index contributed by atoms with van der Waals surface area (Å²) in [7, 11) is 0. The van der Waals surface area contributed by atoms with E-state index in [1.807, 2.05) is 20.8 Å². The van der Waals surface area contributed by atoms with Crippen LogP contribution in [0.2, 0.25) is 0 Å². The summed E-state index contributed by atoms with van der Waals surface area (Å²) in [6.07, 6.45) is 0. The first-order chi connectivity index (χ1) is 8.70. The summed E-state index contributed by atoms with van der Waals surface area (Å²) in [6, 6.07) is 1.93. The molecule has 19 heavy (non-hydrogen) atoms. The molecule has 0 bridgehead atoms. The van der Waals surface area contributed by atoms with E-state index in [0.717, 1.165) is 12.1 Å². The maximum Gasteiger partial charge on any atom is 0.190 e. The van der Waals surface area contributed by atoms with Crippen molar-refractivity contribution >= 4 is 5.84 Å². The first kappa shape index (κ1) is 15.4. The number of rotatable bonds is 5. The van der Waals surface area contributed by atoms with Gasteiger partial charge in [-0.3, -0.25) is 5.41 Å². The summed E-state index contributed by atoms with van der Waals surface area (Å²) in [5.74, 6) is -2.66. The number of hydrogen-bond donors (Lipinski definition) is 2. The van der Waals surface area contributed by atoms with Gasteiger partial charge in [0.05, 0.1) is 12.2 Å². The second-order valence-electron chi connectivity index (χ2n) is 4.99. The Hall–Kier alpha value is -1.69. The third-order valence-electron chi connectivity index (χ3n) is 2.17. The lowest BCUT2D eigenvalue weighted by molar-refractivity contribution is -0.0170. The Morgan fingerprint density at radius 3 is 2.16 bits per heavy atom. The van der Waals surface area contributed by atoms with Gasteiger partial charge in [-0.2, -0.15) is 0 Å². The van der Waals surface area contributed by atoms with Crippen molar-refractivity contribution in [2.24, 2.45) is 5.73 Å². The molecular formula is C13H18F2N2O2. The molecule has 0 saturated heterocycles. The van der Waals surface area contributed by atoms with Crippen LogP contribution in [0.1, 0.15) is 26.3 Å². The number of nitrogens with two attached hydrogens (primary N) is 1. The Balaban J connectivity index is 2.67. The van der Waals surface area contributed by atoms with Crippen molar-refractivity contribution in [2.45, 2.75) is 26.4 Å². The molecule has 0 spiro atoms. The van der Waals surface area contributed by atoms with E-state index < -0.39 is 23.2 Å². The predicted molar refractivity (Wildman–Crippen MR) is 68.6 cm³/mol. The van der Waals surface area contributed by atoms with Gasteiger partial charge in [0.2, 0.25) is 0 Å². The smallest absolute Gasteiger partial charge is 0.190 e. The van der Waals surface area contributed by atoms with Crippen LogP contribution in [-0.2, 0) is 4.74 Å². The predicted octanol–water partition coefficient (Wildman–Crippen LogP) is 2.44. The molecule has 1 rings (SSSR count). The highest BCUT2D eigenvalue weighted by Crippen LogP contribution is 2.23. The number of hydrogen-bond acceptors (Lipinski definition) is 3. The Morgan fingerprint density at radius 1 is 1.21 bits per heavy atom. The van der Waals surface area contributed by atoms with Crippen molar-refractivity contribution in [1.82, 2.24) is 0 Å². The summed E-state index contributed by atoms with van der Waals surface area (Å²) < 4.78 is 37.5. The van der Waals surface area contributed by atoms with E-state index in [2.05, 4.69) is 0 Å². The van der Waals surface area contributed by atoms with E-state index in [0.29, 0.717) is 0 Å². The van der Waals surface area contributed by atoms with Crippen molar-refractivity contribution in [3.8, 4) is 5.75 Å². The van der Waals surface area contributed by atoms with Crippen LogP contribution < -0.4 is 10.5 Å². The molecule has 0 heterocycles. The lowest BCUT2D eigenvalue weighted by Gasteiger charge is -2.19. The molecular weight excluding hydrogens is 254 g/mol. The molecule has 0 fully saturated rings. The Labute approximate surface area is 111 Å². The summed E-state index contributed by atoms with van der Waals surface area (Å²) in [5, 5.41) is 7.12. The maximum atomic E-state index is 13.6. The molecule has 106 valence electrons. The molecule has 3 N–H and O–H groups in total. The molecule has 0 atom stereocenters. The highest BCUT2D eigenvalue weighted by atomic mass is 19.1. The second-order valence-corrected chi connectivity index (χ2v) is 4.99. The molecule has 0 amide bonds. The fourth-order valence-electron chi connectivity index (χ4n) is 1.34. The van der Waals surface area contributed by atoms with Gasteiger partial charge in [0.25, 0.3) is 0 Å². The topological polar surface area (TPSA) is 68.3 Å². The van der Waals surface area contributed by atoms with Gasteiger partial charge < -0.3 is 15.2 Å². The van der Waals surface area contributed by atoms with Gasteiger partial charge in [0.15, 0.2) is 17.4 Å². The Kier molecular flexibility index (Phi) is 4.83. The molecule has 0 aliphatic rings. The lowest BCUT2D eigenvalue weighted by atomic mass is 10.2. The van der Waals surface area contributed by atoms with E-state index in [1.165, 1.54) is 0 Å². The van der Waals surface area contributed by atoms with Gasteiger partial charge >= 0.3 is 0 Å². The number of ether oxygens (including phenoxy) is 2. The SMILES string of the molecule is CC(C)(C)OCCOc1c(F)cc(C(=N)N)cc1F. The largest absolute Gasteiger partial charge is 0.485 e. The van der Waals surface area contributed by atoms with Crippen LogP contribution in [0, 0.1) is 17.0 Å². The molecule has 0 aliphatic heterocycles. The summed E-state index contributed by atoms with van der Waals surface area (Å²) in [6.45, 7) is 5.86.